The summed E-state index contributed by atoms with van der Waals surface area (Å²) in [6.45, 7) is 3.20. The molecule has 7 nitrogen and oxygen atoms in total. The summed E-state index contributed by atoms with van der Waals surface area (Å²) in [5, 5.41) is 6.73. The van der Waals surface area contributed by atoms with Crippen LogP contribution >= 0.6 is 0 Å². The van der Waals surface area contributed by atoms with Crippen LogP contribution in [0.3, 0.4) is 0 Å². The second-order valence-corrected chi connectivity index (χ2v) is 8.81. The van der Waals surface area contributed by atoms with Crippen LogP contribution in [0.15, 0.2) is 42.5 Å². The second-order valence-electron chi connectivity index (χ2n) is 8.81. The molecule has 2 saturated heterocycles. The Balaban J connectivity index is 1.24. The van der Waals surface area contributed by atoms with Crippen molar-refractivity contribution in [2.45, 2.75) is 37.1 Å². The topological polar surface area (TPSA) is 72.1 Å². The third-order valence-corrected chi connectivity index (χ3v) is 6.80. The molecule has 2 aromatic rings. The fourth-order valence-corrected chi connectivity index (χ4v) is 5.12. The Kier molecular flexibility index (Phi) is 5.02. The van der Waals surface area contributed by atoms with E-state index in [1.54, 1.807) is 14.2 Å². The number of methoxy groups -OCH3 is 2. The number of nitrogens with zero attached hydrogens (tertiary/aromatic N) is 1. The van der Waals surface area contributed by atoms with Gasteiger partial charge in [0, 0.05) is 43.4 Å². The molecule has 7 heteroatoms. The molecule has 5 rings (SSSR count). The Morgan fingerprint density at radius 2 is 1.87 bits per heavy atom. The van der Waals surface area contributed by atoms with Crippen LogP contribution in [0.1, 0.15) is 35.2 Å². The van der Waals surface area contributed by atoms with Crippen LogP contribution in [-0.2, 0) is 11.3 Å². The molecule has 164 valence electrons. The number of amides is 1. The average Bonchev–Trinajstić information content (AvgIpc) is 3.12. The first-order valence-corrected chi connectivity index (χ1v) is 10.8. The highest BCUT2D eigenvalue weighted by molar-refractivity contribution is 6.02. The van der Waals surface area contributed by atoms with Crippen molar-refractivity contribution in [3.05, 3.63) is 53.6 Å². The predicted molar refractivity (Wildman–Crippen MR) is 118 cm³/mol. The van der Waals surface area contributed by atoms with E-state index in [0.717, 1.165) is 61.6 Å². The third kappa shape index (κ3) is 3.72. The molecular weight excluding hydrogens is 394 g/mol. The van der Waals surface area contributed by atoms with E-state index < -0.39 is 5.66 Å². The fourth-order valence-electron chi connectivity index (χ4n) is 5.12. The van der Waals surface area contributed by atoms with Gasteiger partial charge in [-0.2, -0.15) is 0 Å². The van der Waals surface area contributed by atoms with E-state index in [4.69, 9.17) is 14.2 Å². The zero-order chi connectivity index (χ0) is 21.5. The molecule has 1 unspecified atom stereocenters. The number of hydrogen-bond acceptors (Lipinski definition) is 6. The van der Waals surface area contributed by atoms with Crippen LogP contribution in [0.5, 0.6) is 11.5 Å². The first-order chi connectivity index (χ1) is 15.0. The maximum atomic E-state index is 12.6. The van der Waals surface area contributed by atoms with Gasteiger partial charge in [-0.1, -0.05) is 18.2 Å². The molecule has 0 radical (unpaired) electrons. The number of anilines is 1. The Bertz CT molecular complexity index is 987. The van der Waals surface area contributed by atoms with E-state index in [2.05, 4.69) is 21.6 Å². The standard InChI is InChI=1S/C24H29N3O4/c1-29-18-8-7-17(21(13-18)30-2)14-27-11-9-23(10-12-27)15-24(16-31-23)25-20-6-4-3-5-19(20)22(28)26-24/h3-8,13,25H,9-12,14-16H2,1-2H3,(H,26,28). The second kappa shape index (κ2) is 7.73. The van der Waals surface area contributed by atoms with Crippen LogP contribution in [-0.4, -0.2) is 56.0 Å². The summed E-state index contributed by atoms with van der Waals surface area (Å²) in [5.74, 6) is 1.62. The molecule has 31 heavy (non-hydrogen) atoms. The molecule has 1 atom stereocenters. The van der Waals surface area contributed by atoms with E-state index in [-0.39, 0.29) is 11.5 Å². The molecule has 3 aliphatic rings. The molecule has 0 aromatic heterocycles. The molecule has 1 amide bonds. The van der Waals surface area contributed by atoms with Crippen LogP contribution in [0.4, 0.5) is 5.69 Å². The predicted octanol–water partition coefficient (Wildman–Crippen LogP) is 3.01. The number of benzene rings is 2. The van der Waals surface area contributed by atoms with Gasteiger partial charge >= 0.3 is 0 Å². The van der Waals surface area contributed by atoms with Crippen molar-refractivity contribution in [3.8, 4) is 11.5 Å². The molecule has 2 N–H and O–H groups in total. The number of carbonyl (C=O) groups excluding carboxylic acids is 1. The minimum atomic E-state index is -0.521. The maximum Gasteiger partial charge on any atom is 0.255 e. The number of carbonyl (C=O) groups is 1. The Morgan fingerprint density at radius 1 is 1.06 bits per heavy atom. The average molecular weight is 424 g/mol. The summed E-state index contributed by atoms with van der Waals surface area (Å²) >= 11 is 0. The first-order valence-electron chi connectivity index (χ1n) is 10.8. The van der Waals surface area contributed by atoms with E-state index in [0.29, 0.717) is 12.2 Å². The number of ether oxygens (including phenoxy) is 3. The van der Waals surface area contributed by atoms with E-state index in [9.17, 15) is 4.79 Å². The molecule has 3 aliphatic heterocycles. The van der Waals surface area contributed by atoms with Gasteiger partial charge in [-0.05, 0) is 31.0 Å². The number of fused-ring (bicyclic) bond motifs is 1. The Hall–Kier alpha value is -2.77. The lowest BCUT2D eigenvalue weighted by molar-refractivity contribution is -0.0453. The van der Waals surface area contributed by atoms with Gasteiger partial charge in [-0.25, -0.2) is 0 Å². The third-order valence-electron chi connectivity index (χ3n) is 6.80. The van der Waals surface area contributed by atoms with Gasteiger partial charge in [0.25, 0.3) is 5.91 Å². The van der Waals surface area contributed by atoms with Crippen molar-refractivity contribution in [2.75, 3.05) is 39.2 Å². The number of rotatable bonds is 4. The first kappa shape index (κ1) is 20.2. The van der Waals surface area contributed by atoms with Crippen molar-refractivity contribution < 1.29 is 19.0 Å². The number of piperidine rings is 1. The van der Waals surface area contributed by atoms with Crippen molar-refractivity contribution in [3.63, 3.8) is 0 Å². The van der Waals surface area contributed by atoms with Crippen LogP contribution < -0.4 is 20.1 Å². The quantitative estimate of drug-likeness (QED) is 0.788. The largest absolute Gasteiger partial charge is 0.497 e. The van der Waals surface area contributed by atoms with Crippen molar-refractivity contribution in [1.82, 2.24) is 10.2 Å². The summed E-state index contributed by atoms with van der Waals surface area (Å²) in [7, 11) is 3.36. The van der Waals surface area contributed by atoms with Crippen molar-refractivity contribution in [1.29, 1.82) is 0 Å². The van der Waals surface area contributed by atoms with Gasteiger partial charge in [0.15, 0.2) is 0 Å². The van der Waals surface area contributed by atoms with E-state index in [1.165, 1.54) is 0 Å². The lowest BCUT2D eigenvalue weighted by atomic mass is 9.84. The molecule has 2 aromatic carbocycles. The highest BCUT2D eigenvalue weighted by Crippen LogP contribution is 2.43. The number of likely N-dealkylation sites (tertiary alicyclic amines) is 1. The molecular formula is C24H29N3O4. The maximum absolute atomic E-state index is 12.6. The SMILES string of the molecule is COc1ccc(CN2CCC3(CC2)CC2(CO3)NC(=O)c3ccccc3N2)c(OC)c1. The van der Waals surface area contributed by atoms with Crippen molar-refractivity contribution in [2.24, 2.45) is 0 Å². The smallest absolute Gasteiger partial charge is 0.255 e. The molecule has 0 aliphatic carbocycles. The minimum absolute atomic E-state index is 0.0287. The Labute approximate surface area is 182 Å². The number of hydrogen-bond donors (Lipinski definition) is 2. The molecule has 2 fully saturated rings. The molecule has 0 saturated carbocycles. The van der Waals surface area contributed by atoms with Gasteiger partial charge in [0.1, 0.15) is 17.2 Å². The summed E-state index contributed by atoms with van der Waals surface area (Å²) < 4.78 is 17.2. The molecule has 0 bridgehead atoms. The van der Waals surface area contributed by atoms with Crippen LogP contribution in [0.2, 0.25) is 0 Å². The van der Waals surface area contributed by atoms with E-state index in [1.807, 2.05) is 36.4 Å². The van der Waals surface area contributed by atoms with Gasteiger partial charge in [-0.3, -0.25) is 9.69 Å². The highest BCUT2D eigenvalue weighted by atomic mass is 16.5. The zero-order valence-corrected chi connectivity index (χ0v) is 18.1. The zero-order valence-electron chi connectivity index (χ0n) is 18.1. The number of para-hydroxylation sites is 1. The van der Waals surface area contributed by atoms with Gasteiger partial charge in [0.2, 0.25) is 0 Å². The fraction of sp³-hybridized carbons (Fsp3) is 0.458. The minimum Gasteiger partial charge on any atom is -0.497 e. The summed E-state index contributed by atoms with van der Waals surface area (Å²) in [5.41, 5.74) is 2.01. The summed E-state index contributed by atoms with van der Waals surface area (Å²) in [6, 6.07) is 13.6. The summed E-state index contributed by atoms with van der Waals surface area (Å²) in [6.07, 6.45) is 2.65. The van der Waals surface area contributed by atoms with Crippen LogP contribution in [0, 0.1) is 0 Å². The van der Waals surface area contributed by atoms with Gasteiger partial charge in [-0.15, -0.1) is 0 Å². The van der Waals surface area contributed by atoms with Crippen LogP contribution in [0.25, 0.3) is 0 Å². The van der Waals surface area contributed by atoms with Crippen molar-refractivity contribution >= 4 is 11.6 Å². The lowest BCUT2D eigenvalue weighted by Crippen LogP contribution is -2.59. The number of nitrogens with one attached hydrogen (secondary N) is 2. The molecule has 2 spiro atoms. The van der Waals surface area contributed by atoms with E-state index >= 15 is 0 Å². The Morgan fingerprint density at radius 3 is 2.65 bits per heavy atom. The van der Waals surface area contributed by atoms with Gasteiger partial charge in [0.05, 0.1) is 32.0 Å². The summed E-state index contributed by atoms with van der Waals surface area (Å²) in [4.78, 5) is 15.1. The highest BCUT2D eigenvalue weighted by Gasteiger charge is 2.53. The normalized spacial score (nSPS) is 24.5. The monoisotopic (exact) mass is 423 g/mol. The lowest BCUT2D eigenvalue weighted by Gasteiger charge is -2.41. The van der Waals surface area contributed by atoms with Gasteiger partial charge < -0.3 is 24.8 Å². The molecule has 3 heterocycles.